The Morgan fingerprint density at radius 2 is 1.91 bits per heavy atom. The van der Waals surface area contributed by atoms with Crippen LogP contribution in [-0.2, 0) is 9.53 Å². The number of ketones is 1. The smallest absolute Gasteiger partial charge is 0.290 e. The molecule has 2 aliphatic rings. The number of para-hydroxylation sites is 1. The maximum absolute atomic E-state index is 13.3. The molecule has 1 saturated heterocycles. The highest BCUT2D eigenvalue weighted by molar-refractivity contribution is 6.15. The number of nitrogens with zero attached hydrogens (tertiary/aromatic N) is 2. The van der Waals surface area contributed by atoms with Gasteiger partial charge in [-0.15, -0.1) is 0 Å². The molecular weight excluding hydrogens is 428 g/mol. The lowest BCUT2D eigenvalue weighted by Crippen LogP contribution is -2.39. The first-order chi connectivity index (χ1) is 16.1. The Labute approximate surface area is 192 Å². The number of furan rings is 1. The number of morpholine rings is 1. The van der Waals surface area contributed by atoms with E-state index < -0.39 is 23.5 Å². The molecule has 1 atom stereocenters. The van der Waals surface area contributed by atoms with Gasteiger partial charge in [-0.05, 0) is 24.6 Å². The van der Waals surface area contributed by atoms with Gasteiger partial charge in [-0.2, -0.15) is 0 Å². The van der Waals surface area contributed by atoms with E-state index in [9.17, 15) is 14.7 Å². The van der Waals surface area contributed by atoms with E-state index in [2.05, 4.69) is 4.90 Å². The SMILES string of the molecule is COc1cccc([C@@H]2C(C(=O)c3ccco3)=C(O)C(=O)N2CCCN2CCOCC2)c1OC. The second-order valence-electron chi connectivity index (χ2n) is 7.86. The highest BCUT2D eigenvalue weighted by atomic mass is 16.5. The molecular formula is C24H28N2O7. The molecule has 1 fully saturated rings. The van der Waals surface area contributed by atoms with Crippen molar-refractivity contribution >= 4 is 11.7 Å². The van der Waals surface area contributed by atoms with Crippen molar-refractivity contribution in [3.05, 3.63) is 59.3 Å². The Kier molecular flexibility index (Phi) is 7.00. The molecule has 9 nitrogen and oxygen atoms in total. The zero-order valence-electron chi connectivity index (χ0n) is 18.8. The molecule has 9 heteroatoms. The van der Waals surface area contributed by atoms with Gasteiger partial charge in [0.05, 0.1) is 45.3 Å². The highest BCUT2D eigenvalue weighted by Gasteiger charge is 2.45. The van der Waals surface area contributed by atoms with Crippen LogP contribution >= 0.6 is 0 Å². The van der Waals surface area contributed by atoms with Gasteiger partial charge < -0.3 is 28.6 Å². The topological polar surface area (TPSA) is 102 Å². The molecule has 0 unspecified atom stereocenters. The zero-order chi connectivity index (χ0) is 23.4. The molecule has 0 aliphatic carbocycles. The van der Waals surface area contributed by atoms with Gasteiger partial charge in [-0.25, -0.2) is 0 Å². The van der Waals surface area contributed by atoms with Crippen LogP contribution in [0.25, 0.3) is 0 Å². The first kappa shape index (κ1) is 22.9. The Morgan fingerprint density at radius 1 is 1.12 bits per heavy atom. The quantitative estimate of drug-likeness (QED) is 0.575. The van der Waals surface area contributed by atoms with Crippen LogP contribution in [0.2, 0.25) is 0 Å². The summed E-state index contributed by atoms with van der Waals surface area (Å²) in [5, 5.41) is 10.8. The van der Waals surface area contributed by atoms with Gasteiger partial charge in [0.2, 0.25) is 5.78 Å². The molecule has 1 N–H and O–H groups in total. The highest BCUT2D eigenvalue weighted by Crippen LogP contribution is 2.45. The molecule has 0 bridgehead atoms. The van der Waals surface area contributed by atoms with Gasteiger partial charge in [-0.1, -0.05) is 12.1 Å². The molecule has 0 spiro atoms. The predicted molar refractivity (Wildman–Crippen MR) is 119 cm³/mol. The lowest BCUT2D eigenvalue weighted by atomic mass is 9.94. The normalized spacial score (nSPS) is 19.3. The van der Waals surface area contributed by atoms with Gasteiger partial charge in [0, 0.05) is 31.7 Å². The second kappa shape index (κ2) is 10.1. The number of hydrogen-bond donors (Lipinski definition) is 1. The molecule has 1 amide bonds. The molecule has 3 heterocycles. The third kappa shape index (κ3) is 4.46. The van der Waals surface area contributed by atoms with Crippen LogP contribution in [-0.4, -0.2) is 80.2 Å². The average Bonchev–Trinajstić information content (AvgIpc) is 3.47. The van der Waals surface area contributed by atoms with Crippen LogP contribution < -0.4 is 9.47 Å². The van der Waals surface area contributed by atoms with Crippen molar-refractivity contribution in [2.75, 3.05) is 53.6 Å². The lowest BCUT2D eigenvalue weighted by Gasteiger charge is -2.30. The number of hydrogen-bond acceptors (Lipinski definition) is 8. The van der Waals surface area contributed by atoms with Crippen molar-refractivity contribution in [1.29, 1.82) is 0 Å². The fraction of sp³-hybridized carbons (Fsp3) is 0.417. The van der Waals surface area contributed by atoms with E-state index in [1.54, 1.807) is 24.3 Å². The molecule has 0 radical (unpaired) electrons. The standard InChI is InChI=1S/C24H28N2O7/c1-30-18-7-3-6-16(23(18)31-2)20-19(21(27)17-8-4-13-33-17)22(28)24(29)26(20)10-5-9-25-11-14-32-15-12-25/h3-4,6-8,13,20,28H,5,9-12,14-15H2,1-2H3/t20-/m1/s1. The Bertz CT molecular complexity index is 1030. The summed E-state index contributed by atoms with van der Waals surface area (Å²) in [5.41, 5.74) is 0.517. The fourth-order valence-electron chi connectivity index (χ4n) is 4.40. The molecule has 1 aromatic heterocycles. The number of ether oxygens (including phenoxy) is 3. The summed E-state index contributed by atoms with van der Waals surface area (Å²) < 4.78 is 21.7. The summed E-state index contributed by atoms with van der Waals surface area (Å²) in [7, 11) is 3.02. The van der Waals surface area contributed by atoms with E-state index in [4.69, 9.17) is 18.6 Å². The summed E-state index contributed by atoms with van der Waals surface area (Å²) in [6.45, 7) is 4.18. The zero-order valence-corrected chi connectivity index (χ0v) is 18.8. The van der Waals surface area contributed by atoms with E-state index in [1.807, 2.05) is 0 Å². The third-order valence-corrected chi connectivity index (χ3v) is 6.00. The second-order valence-corrected chi connectivity index (χ2v) is 7.86. The number of benzene rings is 1. The van der Waals surface area contributed by atoms with Crippen LogP contribution in [0.5, 0.6) is 11.5 Å². The molecule has 1 aromatic carbocycles. The van der Waals surface area contributed by atoms with Gasteiger partial charge in [0.25, 0.3) is 5.91 Å². The number of carbonyl (C=O) groups excluding carboxylic acids is 2. The van der Waals surface area contributed by atoms with Crippen LogP contribution in [0.3, 0.4) is 0 Å². The van der Waals surface area contributed by atoms with E-state index in [0.717, 1.165) is 19.6 Å². The summed E-state index contributed by atoms with van der Waals surface area (Å²) in [4.78, 5) is 30.2. The van der Waals surface area contributed by atoms with Gasteiger partial charge in [-0.3, -0.25) is 14.5 Å². The number of carbonyl (C=O) groups is 2. The minimum atomic E-state index is -0.843. The van der Waals surface area contributed by atoms with Crippen molar-refractivity contribution in [1.82, 2.24) is 9.80 Å². The van der Waals surface area contributed by atoms with E-state index in [0.29, 0.717) is 43.2 Å². The average molecular weight is 456 g/mol. The Balaban J connectivity index is 1.68. The number of Topliss-reactive ketones (excluding diaryl/α,β-unsaturated/α-hetero) is 1. The maximum atomic E-state index is 13.3. The minimum Gasteiger partial charge on any atom is -0.503 e. The molecule has 2 aromatic rings. The monoisotopic (exact) mass is 456 g/mol. The summed E-state index contributed by atoms with van der Waals surface area (Å²) in [6.07, 6.45) is 2.05. The first-order valence-corrected chi connectivity index (χ1v) is 10.9. The van der Waals surface area contributed by atoms with Crippen molar-refractivity contribution < 1.29 is 33.3 Å². The number of aliphatic hydroxyl groups excluding tert-OH is 1. The molecule has 33 heavy (non-hydrogen) atoms. The third-order valence-electron chi connectivity index (χ3n) is 6.00. The molecule has 0 saturated carbocycles. The van der Waals surface area contributed by atoms with Gasteiger partial charge in [0.15, 0.2) is 23.0 Å². The van der Waals surface area contributed by atoms with Crippen LogP contribution in [0.1, 0.15) is 28.6 Å². The van der Waals surface area contributed by atoms with Crippen molar-refractivity contribution in [2.24, 2.45) is 0 Å². The Hall–Kier alpha value is -3.30. The van der Waals surface area contributed by atoms with E-state index in [1.165, 1.54) is 31.4 Å². The molecule has 4 rings (SSSR count). The fourth-order valence-corrected chi connectivity index (χ4v) is 4.40. The van der Waals surface area contributed by atoms with E-state index >= 15 is 0 Å². The largest absolute Gasteiger partial charge is 0.503 e. The van der Waals surface area contributed by atoms with Gasteiger partial charge >= 0.3 is 0 Å². The van der Waals surface area contributed by atoms with Gasteiger partial charge in [0.1, 0.15) is 0 Å². The maximum Gasteiger partial charge on any atom is 0.290 e. The first-order valence-electron chi connectivity index (χ1n) is 10.9. The molecule has 2 aliphatic heterocycles. The summed E-state index contributed by atoms with van der Waals surface area (Å²) in [5.74, 6) is -0.801. The van der Waals surface area contributed by atoms with E-state index in [-0.39, 0.29) is 11.3 Å². The summed E-state index contributed by atoms with van der Waals surface area (Å²) in [6, 6.07) is 7.51. The minimum absolute atomic E-state index is 0.0344. The number of rotatable bonds is 9. The Morgan fingerprint density at radius 3 is 2.58 bits per heavy atom. The predicted octanol–water partition coefficient (Wildman–Crippen LogP) is 2.60. The number of amides is 1. The number of aliphatic hydroxyl groups is 1. The van der Waals surface area contributed by atoms with Crippen LogP contribution in [0, 0.1) is 0 Å². The lowest BCUT2D eigenvalue weighted by molar-refractivity contribution is -0.129. The number of methoxy groups -OCH3 is 2. The van der Waals surface area contributed by atoms with Crippen molar-refractivity contribution in [2.45, 2.75) is 12.5 Å². The van der Waals surface area contributed by atoms with Crippen LogP contribution in [0.4, 0.5) is 0 Å². The summed E-state index contributed by atoms with van der Waals surface area (Å²) >= 11 is 0. The van der Waals surface area contributed by atoms with Crippen molar-refractivity contribution in [3.63, 3.8) is 0 Å². The van der Waals surface area contributed by atoms with Crippen molar-refractivity contribution in [3.8, 4) is 11.5 Å². The molecule has 176 valence electrons. The van der Waals surface area contributed by atoms with Crippen LogP contribution in [0.15, 0.2) is 52.3 Å².